The summed E-state index contributed by atoms with van der Waals surface area (Å²) in [5.41, 5.74) is 5.51. The second-order valence-corrected chi connectivity index (χ2v) is 6.97. The Morgan fingerprint density at radius 2 is 1.79 bits per heavy atom. The molecular formula is C18H23F2N7O2. The molecule has 2 saturated heterocycles. The number of anilines is 3. The van der Waals surface area contributed by atoms with Crippen molar-refractivity contribution in [3.8, 4) is 11.4 Å². The maximum absolute atomic E-state index is 13.7. The molecular weight excluding hydrogens is 384 g/mol. The lowest BCUT2D eigenvalue weighted by molar-refractivity contribution is 0.0980. The molecule has 29 heavy (non-hydrogen) atoms. The third-order valence-electron chi connectivity index (χ3n) is 4.96. The van der Waals surface area contributed by atoms with Crippen LogP contribution in [0, 0.1) is 0 Å². The Morgan fingerprint density at radius 3 is 2.52 bits per heavy atom. The Balaban J connectivity index is 1.81. The SMILES string of the molecule is C[C@H]1COCCN1c1nc(-c2cnc(N)cc2C(F)F)nc(N2CCOCC2)n1. The van der Waals surface area contributed by atoms with Gasteiger partial charge in [0.2, 0.25) is 11.9 Å². The molecule has 0 amide bonds. The molecule has 156 valence electrons. The summed E-state index contributed by atoms with van der Waals surface area (Å²) in [4.78, 5) is 21.6. The van der Waals surface area contributed by atoms with Gasteiger partial charge in [0.05, 0.1) is 32.5 Å². The minimum atomic E-state index is -2.73. The van der Waals surface area contributed by atoms with Gasteiger partial charge < -0.3 is 25.0 Å². The number of hydrogen-bond donors (Lipinski definition) is 1. The van der Waals surface area contributed by atoms with E-state index in [1.54, 1.807) is 0 Å². The number of rotatable bonds is 4. The maximum Gasteiger partial charge on any atom is 0.264 e. The average Bonchev–Trinajstić information content (AvgIpc) is 2.74. The molecule has 0 aromatic carbocycles. The highest BCUT2D eigenvalue weighted by atomic mass is 19.3. The van der Waals surface area contributed by atoms with Crippen LogP contribution in [-0.2, 0) is 9.47 Å². The molecule has 2 aliphatic heterocycles. The topological polar surface area (TPSA) is 103 Å². The third kappa shape index (κ3) is 4.20. The van der Waals surface area contributed by atoms with Crippen LogP contribution < -0.4 is 15.5 Å². The molecule has 4 heterocycles. The van der Waals surface area contributed by atoms with E-state index in [0.717, 1.165) is 6.07 Å². The monoisotopic (exact) mass is 407 g/mol. The summed E-state index contributed by atoms with van der Waals surface area (Å²) in [6.45, 7) is 6.03. The molecule has 2 aromatic heterocycles. The van der Waals surface area contributed by atoms with Gasteiger partial charge in [-0.05, 0) is 13.0 Å². The quantitative estimate of drug-likeness (QED) is 0.808. The molecule has 2 aromatic rings. The first kappa shape index (κ1) is 19.6. The molecule has 2 aliphatic rings. The van der Waals surface area contributed by atoms with Crippen LogP contribution in [0.1, 0.15) is 18.9 Å². The predicted octanol–water partition coefficient (Wildman–Crippen LogP) is 1.52. The van der Waals surface area contributed by atoms with E-state index in [4.69, 9.17) is 15.2 Å². The van der Waals surface area contributed by atoms with E-state index in [1.165, 1.54) is 6.20 Å². The summed E-state index contributed by atoms with van der Waals surface area (Å²) >= 11 is 0. The number of halogens is 2. The zero-order valence-corrected chi connectivity index (χ0v) is 16.1. The number of pyridine rings is 1. The second kappa shape index (κ2) is 8.37. The van der Waals surface area contributed by atoms with Gasteiger partial charge in [-0.1, -0.05) is 0 Å². The Labute approximate surface area is 166 Å². The van der Waals surface area contributed by atoms with E-state index in [9.17, 15) is 8.78 Å². The van der Waals surface area contributed by atoms with Crippen LogP contribution in [0.4, 0.5) is 26.5 Å². The van der Waals surface area contributed by atoms with Crippen molar-refractivity contribution in [3.63, 3.8) is 0 Å². The van der Waals surface area contributed by atoms with Crippen LogP contribution in [0.3, 0.4) is 0 Å². The summed E-state index contributed by atoms with van der Waals surface area (Å²) in [6, 6.07) is 1.21. The first-order valence-corrected chi connectivity index (χ1v) is 9.50. The molecule has 0 saturated carbocycles. The highest BCUT2D eigenvalue weighted by Crippen LogP contribution is 2.32. The van der Waals surface area contributed by atoms with Crippen molar-refractivity contribution in [2.45, 2.75) is 19.4 Å². The number of nitrogens with two attached hydrogens (primary N) is 1. The zero-order valence-electron chi connectivity index (χ0n) is 16.1. The van der Waals surface area contributed by atoms with Crippen LogP contribution in [0.25, 0.3) is 11.4 Å². The van der Waals surface area contributed by atoms with Crippen LogP contribution in [0.5, 0.6) is 0 Å². The zero-order chi connectivity index (χ0) is 20.4. The number of alkyl halides is 2. The molecule has 2 N–H and O–H groups in total. The van der Waals surface area contributed by atoms with Crippen LogP contribution >= 0.6 is 0 Å². The van der Waals surface area contributed by atoms with Gasteiger partial charge in [-0.25, -0.2) is 13.8 Å². The van der Waals surface area contributed by atoms with E-state index in [0.29, 0.717) is 58.0 Å². The molecule has 11 heteroatoms. The lowest BCUT2D eigenvalue weighted by atomic mass is 10.1. The molecule has 9 nitrogen and oxygen atoms in total. The molecule has 1 atom stereocenters. The summed E-state index contributed by atoms with van der Waals surface area (Å²) in [6.07, 6.45) is -1.44. The fourth-order valence-electron chi connectivity index (χ4n) is 3.39. The first-order valence-electron chi connectivity index (χ1n) is 9.50. The normalized spacial score (nSPS) is 20.3. The van der Waals surface area contributed by atoms with E-state index < -0.39 is 6.43 Å². The molecule has 0 aliphatic carbocycles. The third-order valence-corrected chi connectivity index (χ3v) is 4.96. The van der Waals surface area contributed by atoms with Crippen molar-refractivity contribution in [3.05, 3.63) is 17.8 Å². The number of aromatic nitrogens is 4. The molecule has 0 unspecified atom stereocenters. The number of ether oxygens (including phenoxy) is 2. The highest BCUT2D eigenvalue weighted by molar-refractivity contribution is 5.64. The smallest absolute Gasteiger partial charge is 0.264 e. The lowest BCUT2D eigenvalue weighted by Gasteiger charge is -2.34. The Bertz CT molecular complexity index is 864. The molecule has 4 rings (SSSR count). The van der Waals surface area contributed by atoms with E-state index >= 15 is 0 Å². The van der Waals surface area contributed by atoms with Crippen molar-refractivity contribution in [1.82, 2.24) is 19.9 Å². The van der Waals surface area contributed by atoms with Gasteiger partial charge in [0.1, 0.15) is 5.82 Å². The fourth-order valence-corrected chi connectivity index (χ4v) is 3.39. The summed E-state index contributed by atoms with van der Waals surface area (Å²) in [7, 11) is 0. The maximum atomic E-state index is 13.7. The Morgan fingerprint density at radius 1 is 1.07 bits per heavy atom. The van der Waals surface area contributed by atoms with Crippen molar-refractivity contribution >= 4 is 17.7 Å². The van der Waals surface area contributed by atoms with Crippen molar-refractivity contribution in [2.75, 3.05) is 61.6 Å². The van der Waals surface area contributed by atoms with Gasteiger partial charge in [0.15, 0.2) is 5.82 Å². The van der Waals surface area contributed by atoms with Gasteiger partial charge in [-0.2, -0.15) is 15.0 Å². The number of nitrogen functional groups attached to an aromatic ring is 1. The summed E-state index contributed by atoms with van der Waals surface area (Å²) in [5, 5.41) is 0. The van der Waals surface area contributed by atoms with Crippen molar-refractivity contribution in [2.24, 2.45) is 0 Å². The van der Waals surface area contributed by atoms with Crippen LogP contribution in [0.15, 0.2) is 12.3 Å². The van der Waals surface area contributed by atoms with Crippen molar-refractivity contribution < 1.29 is 18.3 Å². The Kier molecular flexibility index (Phi) is 5.67. The predicted molar refractivity (Wildman–Crippen MR) is 103 cm³/mol. The van der Waals surface area contributed by atoms with Gasteiger partial charge in [-0.15, -0.1) is 0 Å². The average molecular weight is 407 g/mol. The van der Waals surface area contributed by atoms with E-state index in [2.05, 4.69) is 19.9 Å². The van der Waals surface area contributed by atoms with Gasteiger partial charge in [0, 0.05) is 37.0 Å². The van der Waals surface area contributed by atoms with Gasteiger partial charge in [0.25, 0.3) is 6.43 Å². The van der Waals surface area contributed by atoms with E-state index in [-0.39, 0.29) is 28.8 Å². The molecule has 0 radical (unpaired) electrons. The van der Waals surface area contributed by atoms with Crippen LogP contribution in [-0.4, -0.2) is 72.0 Å². The molecule has 0 bridgehead atoms. The van der Waals surface area contributed by atoms with Crippen LogP contribution in [0.2, 0.25) is 0 Å². The lowest BCUT2D eigenvalue weighted by Crippen LogP contribution is -2.45. The summed E-state index contributed by atoms with van der Waals surface area (Å²) in [5.74, 6) is 1.04. The van der Waals surface area contributed by atoms with Gasteiger partial charge in [-0.3, -0.25) is 0 Å². The minimum Gasteiger partial charge on any atom is -0.384 e. The second-order valence-electron chi connectivity index (χ2n) is 6.97. The van der Waals surface area contributed by atoms with Gasteiger partial charge >= 0.3 is 0 Å². The fraction of sp³-hybridized carbons (Fsp3) is 0.556. The number of morpholine rings is 2. The minimum absolute atomic E-state index is 0.0218. The molecule has 2 fully saturated rings. The van der Waals surface area contributed by atoms with Crippen molar-refractivity contribution in [1.29, 1.82) is 0 Å². The number of nitrogens with zero attached hydrogens (tertiary/aromatic N) is 6. The standard InChI is InChI=1S/C18H23F2N7O2/c1-11-10-29-7-4-27(11)18-24-16(13-9-22-14(21)8-12(13)15(19)20)23-17(25-18)26-2-5-28-6-3-26/h8-9,11,15H,2-7,10H2,1H3,(H2,21,22)/t11-/m0/s1. The highest BCUT2D eigenvalue weighted by Gasteiger charge is 2.26. The van der Waals surface area contributed by atoms with E-state index in [1.807, 2.05) is 16.7 Å². The first-order chi connectivity index (χ1) is 14.0. The number of hydrogen-bond acceptors (Lipinski definition) is 9. The molecule has 0 spiro atoms. The largest absolute Gasteiger partial charge is 0.384 e. The summed E-state index contributed by atoms with van der Waals surface area (Å²) < 4.78 is 38.2. The Hall–Kier alpha value is -2.66.